The largest absolute Gasteiger partial charge is 0.387 e. The Hall–Kier alpha value is -0.710. The van der Waals surface area contributed by atoms with Gasteiger partial charge in [0.1, 0.15) is 0 Å². The molecule has 15 heavy (non-hydrogen) atoms. The van der Waals surface area contributed by atoms with Gasteiger partial charge in [0, 0.05) is 22.9 Å². The maximum atomic E-state index is 10.1. The fraction of sp³-hybridized carbons (Fsp3) is 0.364. The summed E-state index contributed by atoms with van der Waals surface area (Å²) >= 11 is 3.23. The number of aliphatic hydroxyl groups excluding tert-OH is 1. The average Bonchev–Trinajstić information content (AvgIpc) is 2.86. The molecule has 80 valence electrons. The van der Waals surface area contributed by atoms with Gasteiger partial charge in [0.05, 0.1) is 11.1 Å². The first-order valence-electron chi connectivity index (χ1n) is 4.94. The van der Waals surface area contributed by atoms with E-state index in [0.29, 0.717) is 6.42 Å². The summed E-state index contributed by atoms with van der Waals surface area (Å²) in [6, 6.07) is 2.09. The Balaban J connectivity index is 2.11. The molecule has 2 nitrogen and oxygen atoms in total. The van der Waals surface area contributed by atoms with E-state index in [1.54, 1.807) is 28.9 Å². The third-order valence-electron chi connectivity index (χ3n) is 2.32. The van der Waals surface area contributed by atoms with Crippen molar-refractivity contribution in [3.63, 3.8) is 0 Å². The maximum Gasteiger partial charge on any atom is 0.0954 e. The van der Waals surface area contributed by atoms with Crippen LogP contribution in [0.1, 0.15) is 28.5 Å². The molecule has 0 saturated carbocycles. The predicted molar refractivity (Wildman–Crippen MR) is 64.5 cm³/mol. The molecule has 1 unspecified atom stereocenters. The van der Waals surface area contributed by atoms with Crippen LogP contribution in [0.15, 0.2) is 23.0 Å². The van der Waals surface area contributed by atoms with E-state index in [1.165, 1.54) is 5.56 Å². The summed E-state index contributed by atoms with van der Waals surface area (Å²) in [7, 11) is 0. The van der Waals surface area contributed by atoms with Gasteiger partial charge in [-0.2, -0.15) is 0 Å². The molecule has 2 rings (SSSR count). The van der Waals surface area contributed by atoms with Crippen molar-refractivity contribution in [2.24, 2.45) is 0 Å². The standard InChI is InChI=1S/C11H13NOS2/c1-2-8-3-5-15-11(8)9(13)7-10-12-4-6-14-10/h3-6,9,13H,2,7H2,1H3. The summed E-state index contributed by atoms with van der Waals surface area (Å²) in [4.78, 5) is 5.28. The van der Waals surface area contributed by atoms with Crippen LogP contribution in [0.4, 0.5) is 0 Å². The Bertz CT molecular complexity index is 408. The van der Waals surface area contributed by atoms with Crippen LogP contribution >= 0.6 is 22.7 Å². The van der Waals surface area contributed by atoms with Gasteiger partial charge < -0.3 is 5.11 Å². The van der Waals surface area contributed by atoms with Crippen LogP contribution in [0.25, 0.3) is 0 Å². The van der Waals surface area contributed by atoms with E-state index in [9.17, 15) is 5.11 Å². The van der Waals surface area contributed by atoms with Crippen molar-refractivity contribution in [2.45, 2.75) is 25.9 Å². The number of thiazole rings is 1. The van der Waals surface area contributed by atoms with E-state index in [2.05, 4.69) is 18.0 Å². The van der Waals surface area contributed by atoms with Crippen LogP contribution in [0, 0.1) is 0 Å². The van der Waals surface area contributed by atoms with Crippen molar-refractivity contribution in [1.82, 2.24) is 4.98 Å². The van der Waals surface area contributed by atoms with Gasteiger partial charge in [0.25, 0.3) is 0 Å². The summed E-state index contributed by atoms with van der Waals surface area (Å²) < 4.78 is 0. The molecule has 2 aromatic heterocycles. The molecule has 2 heterocycles. The van der Waals surface area contributed by atoms with E-state index in [-0.39, 0.29) is 0 Å². The Morgan fingerprint density at radius 1 is 1.40 bits per heavy atom. The fourth-order valence-corrected chi connectivity index (χ4v) is 3.18. The van der Waals surface area contributed by atoms with Crippen LogP contribution in [-0.2, 0) is 12.8 Å². The second-order valence-electron chi connectivity index (χ2n) is 3.31. The second-order valence-corrected chi connectivity index (χ2v) is 5.24. The molecule has 0 radical (unpaired) electrons. The molecule has 4 heteroatoms. The topological polar surface area (TPSA) is 33.1 Å². The quantitative estimate of drug-likeness (QED) is 0.889. The van der Waals surface area contributed by atoms with Crippen molar-refractivity contribution < 1.29 is 5.11 Å². The molecule has 2 aromatic rings. The minimum atomic E-state index is -0.397. The third kappa shape index (κ3) is 2.45. The van der Waals surface area contributed by atoms with E-state index in [1.807, 2.05) is 10.8 Å². The number of rotatable bonds is 4. The van der Waals surface area contributed by atoms with E-state index < -0.39 is 6.10 Å². The van der Waals surface area contributed by atoms with E-state index in [4.69, 9.17) is 0 Å². The minimum Gasteiger partial charge on any atom is -0.387 e. The number of nitrogens with zero attached hydrogens (tertiary/aromatic N) is 1. The van der Waals surface area contributed by atoms with Crippen molar-refractivity contribution in [1.29, 1.82) is 0 Å². The molecule has 0 aliphatic heterocycles. The lowest BCUT2D eigenvalue weighted by atomic mass is 10.1. The minimum absolute atomic E-state index is 0.397. The van der Waals surface area contributed by atoms with Crippen LogP contribution in [0.3, 0.4) is 0 Å². The van der Waals surface area contributed by atoms with Crippen molar-refractivity contribution >= 4 is 22.7 Å². The second kappa shape index (κ2) is 4.88. The zero-order valence-electron chi connectivity index (χ0n) is 8.51. The molecule has 0 aliphatic rings. The number of aliphatic hydroxyl groups is 1. The molecule has 0 amide bonds. The van der Waals surface area contributed by atoms with Crippen LogP contribution in [-0.4, -0.2) is 10.1 Å². The molecule has 0 spiro atoms. The number of hydrogen-bond donors (Lipinski definition) is 1. The highest BCUT2D eigenvalue weighted by atomic mass is 32.1. The smallest absolute Gasteiger partial charge is 0.0954 e. The highest BCUT2D eigenvalue weighted by Gasteiger charge is 2.14. The molecule has 0 fully saturated rings. The maximum absolute atomic E-state index is 10.1. The zero-order chi connectivity index (χ0) is 10.7. The van der Waals surface area contributed by atoms with Crippen molar-refractivity contribution in [3.05, 3.63) is 38.5 Å². The summed E-state index contributed by atoms with van der Waals surface area (Å²) in [5.74, 6) is 0. The number of hydrogen-bond acceptors (Lipinski definition) is 4. The van der Waals surface area contributed by atoms with Gasteiger partial charge in [-0.15, -0.1) is 22.7 Å². The predicted octanol–water partition coefficient (Wildman–Crippen LogP) is 3.04. The first-order chi connectivity index (χ1) is 7.31. The number of thiophene rings is 1. The van der Waals surface area contributed by atoms with Crippen molar-refractivity contribution in [3.8, 4) is 0 Å². The molecule has 0 bridgehead atoms. The molecular formula is C11H13NOS2. The first-order valence-corrected chi connectivity index (χ1v) is 6.70. The molecule has 0 aliphatic carbocycles. The van der Waals surface area contributed by atoms with Gasteiger partial charge in [0.2, 0.25) is 0 Å². The number of aryl methyl sites for hydroxylation is 1. The highest BCUT2D eigenvalue weighted by molar-refractivity contribution is 7.10. The molecular weight excluding hydrogens is 226 g/mol. The lowest BCUT2D eigenvalue weighted by Crippen LogP contribution is -2.01. The Morgan fingerprint density at radius 3 is 2.93 bits per heavy atom. The van der Waals surface area contributed by atoms with Crippen LogP contribution in [0.5, 0.6) is 0 Å². The van der Waals surface area contributed by atoms with Gasteiger partial charge in [-0.3, -0.25) is 0 Å². The molecule has 0 aromatic carbocycles. The summed E-state index contributed by atoms with van der Waals surface area (Å²) in [5, 5.41) is 15.1. The molecule has 1 N–H and O–H groups in total. The van der Waals surface area contributed by atoms with Crippen molar-refractivity contribution in [2.75, 3.05) is 0 Å². The Kier molecular flexibility index (Phi) is 3.51. The lowest BCUT2D eigenvalue weighted by molar-refractivity contribution is 0.181. The summed E-state index contributed by atoms with van der Waals surface area (Å²) in [6.07, 6.45) is 2.99. The summed E-state index contributed by atoms with van der Waals surface area (Å²) in [5.41, 5.74) is 1.25. The van der Waals surface area contributed by atoms with E-state index in [0.717, 1.165) is 16.3 Å². The Morgan fingerprint density at radius 2 is 2.27 bits per heavy atom. The average molecular weight is 239 g/mol. The first kappa shape index (κ1) is 10.8. The van der Waals surface area contributed by atoms with Crippen LogP contribution in [0.2, 0.25) is 0 Å². The van der Waals surface area contributed by atoms with Gasteiger partial charge in [-0.25, -0.2) is 4.98 Å². The van der Waals surface area contributed by atoms with E-state index >= 15 is 0 Å². The third-order valence-corrected chi connectivity index (χ3v) is 4.18. The monoisotopic (exact) mass is 239 g/mol. The van der Waals surface area contributed by atoms with Gasteiger partial charge >= 0.3 is 0 Å². The lowest BCUT2D eigenvalue weighted by Gasteiger charge is -2.08. The van der Waals surface area contributed by atoms with Crippen LogP contribution < -0.4 is 0 Å². The normalized spacial score (nSPS) is 12.9. The molecule has 1 atom stereocenters. The highest BCUT2D eigenvalue weighted by Crippen LogP contribution is 2.27. The zero-order valence-corrected chi connectivity index (χ0v) is 10.1. The van der Waals surface area contributed by atoms with Gasteiger partial charge in [-0.05, 0) is 23.4 Å². The van der Waals surface area contributed by atoms with Gasteiger partial charge in [-0.1, -0.05) is 6.92 Å². The summed E-state index contributed by atoms with van der Waals surface area (Å²) in [6.45, 7) is 2.11. The molecule has 0 saturated heterocycles. The SMILES string of the molecule is CCc1ccsc1C(O)Cc1nccs1. The Labute approximate surface area is 97.2 Å². The van der Waals surface area contributed by atoms with Gasteiger partial charge in [0.15, 0.2) is 0 Å². The number of aromatic nitrogens is 1. The fourth-order valence-electron chi connectivity index (χ4n) is 1.54.